The second-order valence-corrected chi connectivity index (χ2v) is 12.3. The van der Waals surface area contributed by atoms with E-state index < -0.39 is 10.0 Å². The zero-order valence-corrected chi connectivity index (χ0v) is 22.4. The maximum Gasteiger partial charge on any atom is 0.261 e. The number of likely N-dealkylation sites (tertiary alicyclic amines) is 1. The normalized spacial score (nSPS) is 21.6. The van der Waals surface area contributed by atoms with Gasteiger partial charge in [0.2, 0.25) is 10.0 Å². The van der Waals surface area contributed by atoms with E-state index in [-0.39, 0.29) is 23.9 Å². The quantitative estimate of drug-likeness (QED) is 0.420. The summed E-state index contributed by atoms with van der Waals surface area (Å²) in [6.07, 6.45) is 2.10. The van der Waals surface area contributed by atoms with E-state index in [1.54, 1.807) is 52.8 Å². The molecule has 0 saturated carbocycles. The summed E-state index contributed by atoms with van der Waals surface area (Å²) < 4.78 is 29.1. The second-order valence-electron chi connectivity index (χ2n) is 10.1. The lowest BCUT2D eigenvalue weighted by Gasteiger charge is -2.38. The molecule has 9 heteroatoms. The van der Waals surface area contributed by atoms with E-state index in [9.17, 15) is 18.0 Å². The molecule has 1 atom stereocenters. The molecule has 3 aliphatic rings. The Bertz CT molecular complexity index is 1470. The van der Waals surface area contributed by atoms with Gasteiger partial charge in [-0.05, 0) is 80.4 Å². The van der Waals surface area contributed by atoms with Crippen molar-refractivity contribution in [2.45, 2.75) is 36.2 Å². The Balaban J connectivity index is 1.12. The van der Waals surface area contributed by atoms with Crippen LogP contribution in [0.4, 0.5) is 0 Å². The van der Waals surface area contributed by atoms with Crippen LogP contribution in [0.1, 0.15) is 57.1 Å². The van der Waals surface area contributed by atoms with Crippen LogP contribution in [-0.2, 0) is 10.0 Å². The molecule has 1 unspecified atom stereocenters. The van der Waals surface area contributed by atoms with Gasteiger partial charge < -0.3 is 4.90 Å². The summed E-state index contributed by atoms with van der Waals surface area (Å²) in [4.78, 5) is 29.3. The predicted octanol–water partition coefficient (Wildman–Crippen LogP) is 4.58. The lowest BCUT2D eigenvalue weighted by Crippen LogP contribution is -2.47. The van der Waals surface area contributed by atoms with Gasteiger partial charge in [-0.3, -0.25) is 14.5 Å². The van der Waals surface area contributed by atoms with Crippen LogP contribution in [0.25, 0.3) is 0 Å². The largest absolute Gasteiger partial charge is 0.303 e. The molecule has 3 aliphatic heterocycles. The molecule has 0 bridgehead atoms. The van der Waals surface area contributed by atoms with Crippen molar-refractivity contribution in [2.24, 2.45) is 0 Å². The van der Waals surface area contributed by atoms with Crippen molar-refractivity contribution in [1.29, 1.82) is 0 Å². The molecular formula is C29H28ClN3O4S. The second kappa shape index (κ2) is 9.93. The molecule has 7 nitrogen and oxygen atoms in total. The summed E-state index contributed by atoms with van der Waals surface area (Å²) in [6, 6.07) is 21.1. The molecule has 3 aromatic carbocycles. The summed E-state index contributed by atoms with van der Waals surface area (Å²) in [5, 5.41) is 0.615. The summed E-state index contributed by atoms with van der Waals surface area (Å²) in [5.74, 6) is -0.451. The van der Waals surface area contributed by atoms with Gasteiger partial charge in [0.15, 0.2) is 0 Å². The van der Waals surface area contributed by atoms with E-state index in [4.69, 9.17) is 11.6 Å². The Kier molecular flexibility index (Phi) is 6.60. The number of halogens is 1. The zero-order valence-electron chi connectivity index (χ0n) is 20.8. The van der Waals surface area contributed by atoms with Crippen molar-refractivity contribution in [1.82, 2.24) is 14.1 Å². The minimum atomic E-state index is -3.64. The lowest BCUT2D eigenvalue weighted by atomic mass is 9.95. The highest BCUT2D eigenvalue weighted by atomic mass is 35.5. The number of sulfonamides is 1. The SMILES string of the molecule is O=C1c2ccccc2C(=O)N1CCCN1CCC(N2C(c3ccc(Cl)cc3)c3ccccc3S2(=O)=O)CC1. The Labute approximate surface area is 227 Å². The van der Waals surface area contributed by atoms with Crippen molar-refractivity contribution in [3.63, 3.8) is 0 Å². The zero-order chi connectivity index (χ0) is 26.4. The highest BCUT2D eigenvalue weighted by molar-refractivity contribution is 7.89. The fourth-order valence-corrected chi connectivity index (χ4v) is 8.20. The molecule has 0 N–H and O–H groups in total. The molecule has 0 spiro atoms. The van der Waals surface area contributed by atoms with Gasteiger partial charge in [0, 0.05) is 17.6 Å². The van der Waals surface area contributed by atoms with Gasteiger partial charge in [0.1, 0.15) is 0 Å². The molecule has 38 heavy (non-hydrogen) atoms. The smallest absolute Gasteiger partial charge is 0.261 e. The standard InChI is InChI=1S/C29H28ClN3O4S/c30-21-12-10-20(11-13-21)27-25-8-3-4-9-26(25)38(36,37)33(27)22-14-18-31(19-15-22)16-5-17-32-28(34)23-6-1-2-7-24(23)29(32)35/h1-4,6-13,22,27H,5,14-19H2. The first-order valence-corrected chi connectivity index (χ1v) is 14.7. The number of hydrogen-bond acceptors (Lipinski definition) is 5. The highest BCUT2D eigenvalue weighted by Gasteiger charge is 2.47. The van der Waals surface area contributed by atoms with Crippen molar-refractivity contribution in [2.75, 3.05) is 26.2 Å². The summed E-state index contributed by atoms with van der Waals surface area (Å²) in [6.45, 7) is 2.62. The van der Waals surface area contributed by atoms with Crippen molar-refractivity contribution >= 4 is 33.4 Å². The summed E-state index contributed by atoms with van der Waals surface area (Å²) >= 11 is 6.12. The minimum absolute atomic E-state index is 0.124. The maximum atomic E-state index is 13.7. The monoisotopic (exact) mass is 549 g/mol. The van der Waals surface area contributed by atoms with Gasteiger partial charge in [-0.2, -0.15) is 4.31 Å². The van der Waals surface area contributed by atoms with Gasteiger partial charge in [-0.1, -0.05) is 54.1 Å². The molecule has 1 saturated heterocycles. The average molecular weight is 550 g/mol. The van der Waals surface area contributed by atoms with E-state index in [0.717, 1.165) is 30.8 Å². The number of hydrogen-bond donors (Lipinski definition) is 0. The highest BCUT2D eigenvalue weighted by Crippen LogP contribution is 2.46. The third-order valence-electron chi connectivity index (χ3n) is 7.86. The maximum absolute atomic E-state index is 13.7. The van der Waals surface area contributed by atoms with Crippen molar-refractivity contribution in [3.05, 3.63) is 100 Å². The molecule has 0 aliphatic carbocycles. The lowest BCUT2D eigenvalue weighted by molar-refractivity contribution is 0.0643. The molecule has 3 heterocycles. The fourth-order valence-electron chi connectivity index (χ4n) is 6.00. The number of rotatable bonds is 6. The van der Waals surface area contributed by atoms with Gasteiger partial charge in [0.05, 0.1) is 22.1 Å². The van der Waals surface area contributed by atoms with Crippen molar-refractivity contribution < 1.29 is 18.0 Å². The van der Waals surface area contributed by atoms with Crippen molar-refractivity contribution in [3.8, 4) is 0 Å². The van der Waals surface area contributed by atoms with Gasteiger partial charge >= 0.3 is 0 Å². The predicted molar refractivity (Wildman–Crippen MR) is 145 cm³/mol. The molecule has 1 fully saturated rings. The van der Waals surface area contributed by atoms with Gasteiger partial charge in [0.25, 0.3) is 11.8 Å². The number of carbonyl (C=O) groups is 2. The summed E-state index contributed by atoms with van der Waals surface area (Å²) in [5.41, 5.74) is 2.66. The van der Waals surface area contributed by atoms with E-state index in [0.29, 0.717) is 46.9 Å². The van der Waals surface area contributed by atoms with E-state index in [2.05, 4.69) is 4.90 Å². The molecule has 0 aromatic heterocycles. The number of piperidine rings is 1. The van der Waals surface area contributed by atoms with Gasteiger partial charge in [-0.15, -0.1) is 0 Å². The Morgan fingerprint density at radius 3 is 2.05 bits per heavy atom. The van der Waals surface area contributed by atoms with Crippen LogP contribution < -0.4 is 0 Å². The Morgan fingerprint density at radius 2 is 1.39 bits per heavy atom. The number of amides is 2. The third-order valence-corrected chi connectivity index (χ3v) is 10.1. The number of carbonyl (C=O) groups excluding carboxylic acids is 2. The molecule has 0 radical (unpaired) electrons. The van der Waals surface area contributed by atoms with Crippen LogP contribution >= 0.6 is 11.6 Å². The van der Waals surface area contributed by atoms with Gasteiger partial charge in [-0.25, -0.2) is 8.42 Å². The summed E-state index contributed by atoms with van der Waals surface area (Å²) in [7, 11) is -3.64. The Morgan fingerprint density at radius 1 is 0.789 bits per heavy atom. The van der Waals surface area contributed by atoms with Crippen LogP contribution in [0, 0.1) is 0 Å². The van der Waals surface area contributed by atoms with E-state index in [1.165, 1.54) is 4.90 Å². The first kappa shape index (κ1) is 25.2. The molecule has 196 valence electrons. The number of imide groups is 1. The minimum Gasteiger partial charge on any atom is -0.303 e. The number of benzene rings is 3. The van der Waals surface area contributed by atoms with Crippen LogP contribution in [0.5, 0.6) is 0 Å². The topological polar surface area (TPSA) is 78.0 Å². The van der Waals surface area contributed by atoms with Crippen LogP contribution in [-0.4, -0.2) is 66.6 Å². The average Bonchev–Trinajstić information content (AvgIpc) is 3.32. The Hall–Kier alpha value is -3.04. The third kappa shape index (κ3) is 4.25. The molecule has 2 amide bonds. The van der Waals surface area contributed by atoms with Crippen LogP contribution in [0.3, 0.4) is 0 Å². The molecule has 6 rings (SSSR count). The van der Waals surface area contributed by atoms with E-state index >= 15 is 0 Å². The first-order chi connectivity index (χ1) is 18.4. The van der Waals surface area contributed by atoms with Crippen LogP contribution in [0.15, 0.2) is 77.7 Å². The van der Waals surface area contributed by atoms with Crippen LogP contribution in [0.2, 0.25) is 5.02 Å². The number of nitrogens with zero attached hydrogens (tertiary/aromatic N) is 3. The fraction of sp³-hybridized carbons (Fsp3) is 0.310. The molecule has 3 aromatic rings. The molecular weight excluding hydrogens is 522 g/mol. The first-order valence-electron chi connectivity index (χ1n) is 12.9. The van der Waals surface area contributed by atoms with E-state index in [1.807, 2.05) is 24.3 Å². The number of fused-ring (bicyclic) bond motifs is 2.